The molecule has 12 heavy (non-hydrogen) atoms. The standard InChI is InChI=1S/C9H14.2ClH.Hf/c1-2-3-6-9-7-4-5-8-9;;;/h4-5,7H,2-3,6,8H2,1H3;2*1H;/q;;;+2/p-2. The van der Waals surface area contributed by atoms with Gasteiger partial charge in [0.2, 0.25) is 0 Å². The minimum absolute atomic E-state index is 0. The molecule has 0 saturated carbocycles. The molecule has 68 valence electrons. The predicted octanol–water partition coefficient (Wildman–Crippen LogP) is -2.93. The summed E-state index contributed by atoms with van der Waals surface area (Å²) in [5.41, 5.74) is 1.61. The summed E-state index contributed by atoms with van der Waals surface area (Å²) in [6, 6.07) is 0. The van der Waals surface area contributed by atoms with Crippen molar-refractivity contribution < 1.29 is 50.7 Å². The van der Waals surface area contributed by atoms with Gasteiger partial charge in [0, 0.05) is 0 Å². The number of hydrogen-bond acceptors (Lipinski definition) is 0. The van der Waals surface area contributed by atoms with Crippen LogP contribution in [-0.2, 0) is 25.8 Å². The smallest absolute Gasteiger partial charge is 1.00 e. The van der Waals surface area contributed by atoms with Crippen molar-refractivity contribution in [2.24, 2.45) is 0 Å². The van der Waals surface area contributed by atoms with Crippen LogP contribution in [0.15, 0.2) is 23.8 Å². The SMILES string of the molecule is CCCCC1=CC=CC1.[Cl-].[Cl-].[Hf+2]. The zero-order chi connectivity index (χ0) is 6.53. The summed E-state index contributed by atoms with van der Waals surface area (Å²) in [5, 5.41) is 0. The molecule has 3 heteroatoms. The van der Waals surface area contributed by atoms with Gasteiger partial charge in [-0.05, 0) is 19.3 Å². The second-order valence-electron chi connectivity index (χ2n) is 2.56. The van der Waals surface area contributed by atoms with E-state index in [1.165, 1.54) is 25.7 Å². The summed E-state index contributed by atoms with van der Waals surface area (Å²) in [5.74, 6) is 0. The number of hydrogen-bond donors (Lipinski definition) is 0. The van der Waals surface area contributed by atoms with E-state index in [0.29, 0.717) is 0 Å². The Hall–Kier alpha value is 0.930. The van der Waals surface area contributed by atoms with Crippen molar-refractivity contribution in [2.45, 2.75) is 32.6 Å². The molecule has 1 rings (SSSR count). The summed E-state index contributed by atoms with van der Waals surface area (Å²) in [4.78, 5) is 0. The van der Waals surface area contributed by atoms with E-state index in [9.17, 15) is 0 Å². The molecule has 0 N–H and O–H groups in total. The monoisotopic (exact) mass is 372 g/mol. The van der Waals surface area contributed by atoms with Gasteiger partial charge in [-0.25, -0.2) is 0 Å². The van der Waals surface area contributed by atoms with Crippen LogP contribution in [-0.4, -0.2) is 0 Å². The quantitative estimate of drug-likeness (QED) is 0.466. The maximum Gasteiger partial charge on any atom is 2.00 e. The fourth-order valence-electron chi connectivity index (χ4n) is 1.08. The summed E-state index contributed by atoms with van der Waals surface area (Å²) in [6.07, 6.45) is 11.8. The Balaban J connectivity index is -0.000000270. The van der Waals surface area contributed by atoms with Crippen molar-refractivity contribution in [2.75, 3.05) is 0 Å². The first-order valence-electron chi connectivity index (χ1n) is 3.78. The molecule has 0 aliphatic heterocycles. The van der Waals surface area contributed by atoms with Gasteiger partial charge in [0.25, 0.3) is 0 Å². The summed E-state index contributed by atoms with van der Waals surface area (Å²) in [6.45, 7) is 2.24. The van der Waals surface area contributed by atoms with Crippen LogP contribution in [0, 0.1) is 0 Å². The molecular weight excluding hydrogens is 357 g/mol. The zero-order valence-electron chi connectivity index (χ0n) is 7.32. The van der Waals surface area contributed by atoms with Crippen molar-refractivity contribution in [1.29, 1.82) is 0 Å². The molecule has 0 aromatic carbocycles. The Morgan fingerprint density at radius 2 is 2.00 bits per heavy atom. The van der Waals surface area contributed by atoms with Gasteiger partial charge in [-0.1, -0.05) is 37.1 Å². The van der Waals surface area contributed by atoms with Crippen molar-refractivity contribution in [3.8, 4) is 0 Å². The molecule has 1 aliphatic carbocycles. The van der Waals surface area contributed by atoms with Crippen LogP contribution in [0.3, 0.4) is 0 Å². The van der Waals surface area contributed by atoms with E-state index < -0.39 is 0 Å². The summed E-state index contributed by atoms with van der Waals surface area (Å²) >= 11 is 0. The third kappa shape index (κ3) is 7.57. The molecule has 0 aromatic rings. The van der Waals surface area contributed by atoms with Crippen LogP contribution in [0.25, 0.3) is 0 Å². The molecule has 0 atom stereocenters. The van der Waals surface area contributed by atoms with E-state index in [1.807, 2.05) is 0 Å². The minimum Gasteiger partial charge on any atom is -1.00 e. The van der Waals surface area contributed by atoms with Crippen molar-refractivity contribution in [3.63, 3.8) is 0 Å². The number of unbranched alkanes of at least 4 members (excludes halogenated alkanes) is 1. The first kappa shape index (κ1) is 18.7. The molecule has 0 heterocycles. The molecule has 0 aromatic heterocycles. The maximum absolute atomic E-state index is 2.25. The first-order valence-corrected chi connectivity index (χ1v) is 3.78. The third-order valence-corrected chi connectivity index (χ3v) is 1.70. The van der Waals surface area contributed by atoms with Crippen LogP contribution >= 0.6 is 0 Å². The fourth-order valence-corrected chi connectivity index (χ4v) is 1.08. The molecule has 0 amide bonds. The van der Waals surface area contributed by atoms with E-state index in [-0.39, 0.29) is 50.7 Å². The average Bonchev–Trinajstić information content (AvgIpc) is 2.34. The fraction of sp³-hybridized carbons (Fsp3) is 0.556. The van der Waals surface area contributed by atoms with E-state index in [0.717, 1.165) is 0 Å². The van der Waals surface area contributed by atoms with Crippen LogP contribution in [0.5, 0.6) is 0 Å². The van der Waals surface area contributed by atoms with Gasteiger partial charge in [0.15, 0.2) is 0 Å². The summed E-state index contributed by atoms with van der Waals surface area (Å²) < 4.78 is 0. The maximum atomic E-state index is 2.25. The van der Waals surface area contributed by atoms with Crippen LogP contribution in [0.4, 0.5) is 0 Å². The van der Waals surface area contributed by atoms with E-state index in [4.69, 9.17) is 0 Å². The first-order chi connectivity index (χ1) is 4.43. The molecule has 0 fully saturated rings. The molecule has 0 spiro atoms. The Morgan fingerprint density at radius 3 is 2.42 bits per heavy atom. The van der Waals surface area contributed by atoms with Crippen LogP contribution in [0.1, 0.15) is 32.6 Å². The molecule has 0 nitrogen and oxygen atoms in total. The molecule has 0 radical (unpaired) electrons. The van der Waals surface area contributed by atoms with Crippen molar-refractivity contribution in [1.82, 2.24) is 0 Å². The van der Waals surface area contributed by atoms with Gasteiger partial charge in [-0.3, -0.25) is 0 Å². The topological polar surface area (TPSA) is 0 Å². The van der Waals surface area contributed by atoms with Crippen LogP contribution in [0.2, 0.25) is 0 Å². The number of allylic oxidation sites excluding steroid dienone is 4. The van der Waals surface area contributed by atoms with E-state index in [1.54, 1.807) is 5.57 Å². The molecule has 0 saturated heterocycles. The normalized spacial score (nSPS) is 12.2. The van der Waals surface area contributed by atoms with E-state index >= 15 is 0 Å². The largest absolute Gasteiger partial charge is 2.00 e. The molecule has 1 aliphatic rings. The zero-order valence-corrected chi connectivity index (χ0v) is 12.4. The Bertz CT molecular complexity index is 141. The van der Waals surface area contributed by atoms with Gasteiger partial charge in [-0.15, -0.1) is 0 Å². The predicted molar refractivity (Wildman–Crippen MR) is 41.4 cm³/mol. The molecular formula is C9H14Cl2Hf. The third-order valence-electron chi connectivity index (χ3n) is 1.70. The van der Waals surface area contributed by atoms with Gasteiger partial charge >= 0.3 is 25.8 Å². The van der Waals surface area contributed by atoms with Gasteiger partial charge in [0.1, 0.15) is 0 Å². The summed E-state index contributed by atoms with van der Waals surface area (Å²) in [7, 11) is 0. The number of rotatable bonds is 3. The Morgan fingerprint density at radius 1 is 1.33 bits per heavy atom. The van der Waals surface area contributed by atoms with Crippen molar-refractivity contribution >= 4 is 0 Å². The average molecular weight is 372 g/mol. The molecule has 0 unspecified atom stereocenters. The van der Waals surface area contributed by atoms with Gasteiger partial charge in [-0.2, -0.15) is 0 Å². The van der Waals surface area contributed by atoms with Crippen LogP contribution < -0.4 is 24.8 Å². The number of halogens is 2. The van der Waals surface area contributed by atoms with E-state index in [2.05, 4.69) is 25.2 Å². The van der Waals surface area contributed by atoms with Gasteiger partial charge in [0.05, 0.1) is 0 Å². The Labute approximate surface area is 106 Å². The van der Waals surface area contributed by atoms with Gasteiger partial charge < -0.3 is 24.8 Å². The van der Waals surface area contributed by atoms with Crippen molar-refractivity contribution in [3.05, 3.63) is 23.8 Å². The molecule has 0 bridgehead atoms. The second kappa shape index (κ2) is 11.9. The minimum atomic E-state index is 0. The Kier molecular flexibility index (Phi) is 18.6. The second-order valence-corrected chi connectivity index (χ2v) is 2.56.